The van der Waals surface area contributed by atoms with Gasteiger partial charge in [0, 0.05) is 20.7 Å². The number of hydrogen-bond acceptors (Lipinski definition) is 3. The third-order valence-electron chi connectivity index (χ3n) is 1.40. The minimum absolute atomic E-state index is 0.0809. The van der Waals surface area contributed by atoms with Gasteiger partial charge in [0.1, 0.15) is 6.23 Å². The fourth-order valence-electron chi connectivity index (χ4n) is 0.793. The Bertz CT molecular complexity index is 132. The molecule has 0 aliphatic heterocycles. The van der Waals surface area contributed by atoms with E-state index in [1.807, 2.05) is 57.2 Å². The molecule has 0 aliphatic carbocycles. The summed E-state index contributed by atoms with van der Waals surface area (Å²) in [5, 5.41) is 0. The summed E-state index contributed by atoms with van der Waals surface area (Å²) in [6, 6.07) is 0. The predicted octanol–water partition coefficient (Wildman–Crippen LogP) is 0.986. The van der Waals surface area contributed by atoms with Gasteiger partial charge in [-0.3, -0.25) is 4.90 Å². The van der Waals surface area contributed by atoms with Gasteiger partial charge in [-0.15, -0.1) is 0 Å². The molecule has 0 saturated heterocycles. The van der Waals surface area contributed by atoms with Crippen LogP contribution in [0.3, 0.4) is 0 Å². The van der Waals surface area contributed by atoms with E-state index in [9.17, 15) is 0 Å². The molecule has 72 valence electrons. The van der Waals surface area contributed by atoms with Crippen molar-refractivity contribution in [1.82, 2.24) is 9.80 Å². The summed E-state index contributed by atoms with van der Waals surface area (Å²) >= 11 is 0. The van der Waals surface area contributed by atoms with Gasteiger partial charge in [-0.2, -0.15) is 0 Å². The number of hydrogen-bond donors (Lipinski definition) is 0. The van der Waals surface area contributed by atoms with Crippen LogP contribution in [-0.2, 0) is 4.74 Å². The maximum absolute atomic E-state index is 5.47. The largest absolute Gasteiger partial charge is 0.384 e. The Kier molecular flexibility index (Phi) is 5.76. The lowest BCUT2D eigenvalue weighted by atomic mass is 10.5. The molecule has 3 heteroatoms. The molecular weight excluding hydrogens is 152 g/mol. The molecule has 0 saturated carbocycles. The second kappa shape index (κ2) is 6.03. The van der Waals surface area contributed by atoms with Crippen molar-refractivity contribution in [2.45, 2.75) is 13.2 Å². The summed E-state index contributed by atoms with van der Waals surface area (Å²) in [6.45, 7) is 2.74. The molecule has 1 atom stereocenters. The second-order valence-electron chi connectivity index (χ2n) is 3.11. The Morgan fingerprint density at radius 1 is 1.25 bits per heavy atom. The van der Waals surface area contributed by atoms with Crippen molar-refractivity contribution in [3.05, 3.63) is 12.3 Å². The maximum atomic E-state index is 5.47. The van der Waals surface area contributed by atoms with Gasteiger partial charge in [0.15, 0.2) is 0 Å². The quantitative estimate of drug-likeness (QED) is 0.575. The van der Waals surface area contributed by atoms with Gasteiger partial charge in [-0.25, -0.2) is 0 Å². The third-order valence-corrected chi connectivity index (χ3v) is 1.40. The lowest BCUT2D eigenvalue weighted by molar-refractivity contribution is 0.00419. The van der Waals surface area contributed by atoms with E-state index in [-0.39, 0.29) is 6.23 Å². The van der Waals surface area contributed by atoms with Crippen LogP contribution in [0.15, 0.2) is 12.3 Å². The molecule has 0 aromatic heterocycles. The molecular formula is C9H20N2O. The molecule has 0 bridgehead atoms. The molecule has 0 fully saturated rings. The van der Waals surface area contributed by atoms with Crippen LogP contribution in [0.1, 0.15) is 6.92 Å². The lowest BCUT2D eigenvalue weighted by Gasteiger charge is -2.21. The van der Waals surface area contributed by atoms with E-state index in [4.69, 9.17) is 4.74 Å². The van der Waals surface area contributed by atoms with Gasteiger partial charge >= 0.3 is 0 Å². The number of rotatable bonds is 5. The highest BCUT2D eigenvalue weighted by Crippen LogP contribution is 1.98. The summed E-state index contributed by atoms with van der Waals surface area (Å²) in [7, 11) is 7.99. The number of likely N-dealkylation sites (N-methyl/N-ethyl adjacent to an activating group) is 1. The summed E-state index contributed by atoms with van der Waals surface area (Å²) in [5.74, 6) is 0. The van der Waals surface area contributed by atoms with Crippen LogP contribution in [0.25, 0.3) is 0 Å². The maximum Gasteiger partial charge on any atom is 0.130 e. The van der Waals surface area contributed by atoms with Gasteiger partial charge in [-0.05, 0) is 33.3 Å². The van der Waals surface area contributed by atoms with Crippen molar-refractivity contribution in [2.75, 3.05) is 34.8 Å². The van der Waals surface area contributed by atoms with Crippen LogP contribution in [0.5, 0.6) is 0 Å². The van der Waals surface area contributed by atoms with Gasteiger partial charge in [-0.1, -0.05) is 0 Å². The monoisotopic (exact) mass is 172 g/mol. The Morgan fingerprint density at radius 3 is 2.17 bits per heavy atom. The summed E-state index contributed by atoms with van der Waals surface area (Å²) in [6.07, 6.45) is 4.11. The first-order valence-corrected chi connectivity index (χ1v) is 4.20. The van der Waals surface area contributed by atoms with Gasteiger partial charge in [0.2, 0.25) is 0 Å². The molecule has 0 rings (SSSR count). The molecule has 0 aliphatic rings. The first-order valence-electron chi connectivity index (χ1n) is 4.20. The van der Waals surface area contributed by atoms with Crippen molar-refractivity contribution in [2.24, 2.45) is 0 Å². The van der Waals surface area contributed by atoms with Crippen LogP contribution >= 0.6 is 0 Å². The van der Waals surface area contributed by atoms with E-state index in [2.05, 4.69) is 0 Å². The van der Waals surface area contributed by atoms with Crippen LogP contribution in [0, 0.1) is 0 Å². The zero-order valence-corrected chi connectivity index (χ0v) is 8.74. The molecule has 0 amide bonds. The number of ether oxygens (including phenoxy) is 1. The van der Waals surface area contributed by atoms with Crippen molar-refractivity contribution < 1.29 is 4.74 Å². The van der Waals surface area contributed by atoms with Crippen molar-refractivity contribution in [3.63, 3.8) is 0 Å². The van der Waals surface area contributed by atoms with E-state index in [1.54, 1.807) is 0 Å². The summed E-state index contributed by atoms with van der Waals surface area (Å²) < 4.78 is 5.47. The SMILES string of the molecule is CCOC(/C=C/N(C)C)N(C)C. The van der Waals surface area contributed by atoms with Crippen LogP contribution in [-0.4, -0.2) is 50.8 Å². The zero-order chi connectivity index (χ0) is 9.56. The average Bonchev–Trinajstić information content (AvgIpc) is 1.96. The van der Waals surface area contributed by atoms with E-state index >= 15 is 0 Å². The first-order chi connectivity index (χ1) is 5.57. The molecule has 3 nitrogen and oxygen atoms in total. The van der Waals surface area contributed by atoms with Crippen molar-refractivity contribution in [3.8, 4) is 0 Å². The standard InChI is InChI=1S/C9H20N2O/c1-6-12-9(11(4)5)7-8-10(2)3/h7-9H,6H2,1-5H3/b8-7+. The molecule has 0 N–H and O–H groups in total. The van der Waals surface area contributed by atoms with Gasteiger partial charge in [0.05, 0.1) is 0 Å². The van der Waals surface area contributed by atoms with Gasteiger partial charge in [0.25, 0.3) is 0 Å². The van der Waals surface area contributed by atoms with E-state index in [0.29, 0.717) is 0 Å². The highest BCUT2D eigenvalue weighted by Gasteiger charge is 2.05. The first kappa shape index (κ1) is 11.5. The summed E-state index contributed by atoms with van der Waals surface area (Å²) in [4.78, 5) is 4.03. The van der Waals surface area contributed by atoms with E-state index in [0.717, 1.165) is 6.61 Å². The molecule has 0 spiro atoms. The minimum atomic E-state index is 0.0809. The molecule has 1 unspecified atom stereocenters. The molecule has 0 aromatic carbocycles. The molecule has 0 radical (unpaired) electrons. The average molecular weight is 172 g/mol. The molecule has 0 heterocycles. The van der Waals surface area contributed by atoms with E-state index < -0.39 is 0 Å². The minimum Gasteiger partial charge on any atom is -0.384 e. The Balaban J connectivity index is 3.94. The fourth-order valence-corrected chi connectivity index (χ4v) is 0.793. The van der Waals surface area contributed by atoms with Crippen LogP contribution in [0.2, 0.25) is 0 Å². The summed E-state index contributed by atoms with van der Waals surface area (Å²) in [5.41, 5.74) is 0. The van der Waals surface area contributed by atoms with Crippen molar-refractivity contribution in [1.29, 1.82) is 0 Å². The smallest absolute Gasteiger partial charge is 0.130 e. The Morgan fingerprint density at radius 2 is 1.83 bits per heavy atom. The zero-order valence-electron chi connectivity index (χ0n) is 8.74. The third kappa shape index (κ3) is 5.16. The number of nitrogens with zero attached hydrogens (tertiary/aromatic N) is 2. The molecule has 12 heavy (non-hydrogen) atoms. The molecule has 0 aromatic rings. The predicted molar refractivity (Wildman–Crippen MR) is 51.9 cm³/mol. The lowest BCUT2D eigenvalue weighted by Crippen LogP contribution is -2.29. The van der Waals surface area contributed by atoms with Crippen LogP contribution < -0.4 is 0 Å². The fraction of sp³-hybridized carbons (Fsp3) is 0.778. The Labute approximate surface area is 75.6 Å². The van der Waals surface area contributed by atoms with Gasteiger partial charge < -0.3 is 9.64 Å². The van der Waals surface area contributed by atoms with E-state index in [1.165, 1.54) is 0 Å². The normalized spacial score (nSPS) is 14.2. The highest BCUT2D eigenvalue weighted by atomic mass is 16.5. The second-order valence-corrected chi connectivity index (χ2v) is 3.11. The topological polar surface area (TPSA) is 15.7 Å². The van der Waals surface area contributed by atoms with Crippen molar-refractivity contribution >= 4 is 0 Å². The van der Waals surface area contributed by atoms with Crippen LogP contribution in [0.4, 0.5) is 0 Å². The Hall–Kier alpha value is -0.540. The highest BCUT2D eigenvalue weighted by molar-refractivity contribution is 4.86.